The maximum absolute atomic E-state index is 8.77. The summed E-state index contributed by atoms with van der Waals surface area (Å²) in [5.74, 6) is 0.883. The predicted molar refractivity (Wildman–Crippen MR) is 83.3 cm³/mol. The minimum atomic E-state index is 0.0581. The molecule has 1 aliphatic rings. The van der Waals surface area contributed by atoms with Crippen molar-refractivity contribution in [3.63, 3.8) is 0 Å². The van der Waals surface area contributed by atoms with Gasteiger partial charge in [-0.3, -0.25) is 4.98 Å². The lowest BCUT2D eigenvalue weighted by molar-refractivity contribution is 0.211. The highest BCUT2D eigenvalue weighted by Crippen LogP contribution is 2.18. The Balaban J connectivity index is 1.76. The molecule has 0 saturated carbocycles. The van der Waals surface area contributed by atoms with Gasteiger partial charge in [-0.1, -0.05) is 11.2 Å². The van der Waals surface area contributed by atoms with E-state index in [1.54, 1.807) is 6.20 Å². The summed E-state index contributed by atoms with van der Waals surface area (Å²) in [6.45, 7) is 4.09. The first-order valence-corrected chi connectivity index (χ1v) is 7.51. The Kier molecular flexibility index (Phi) is 5.95. The number of rotatable bonds is 6. The normalized spacial score (nSPS) is 18.0. The van der Waals surface area contributed by atoms with E-state index in [-0.39, 0.29) is 5.84 Å². The number of aromatic nitrogens is 1. The van der Waals surface area contributed by atoms with E-state index in [1.807, 2.05) is 12.1 Å². The quantitative estimate of drug-likeness (QED) is 0.239. The third kappa shape index (κ3) is 4.68. The standard InChI is InChI=1S/C15H25N5O/c1-20-9-5-12(6-10-20)4-8-17-11-13-3-2-7-18-14(13)15(16)19-21/h2-3,7,12,17,21H,4-6,8-11H2,1H3,(H2,16,19). The van der Waals surface area contributed by atoms with Crippen molar-refractivity contribution in [2.24, 2.45) is 16.8 Å². The van der Waals surface area contributed by atoms with Gasteiger partial charge < -0.3 is 21.2 Å². The van der Waals surface area contributed by atoms with Gasteiger partial charge in [0, 0.05) is 12.7 Å². The van der Waals surface area contributed by atoms with E-state index >= 15 is 0 Å². The third-order valence-corrected chi connectivity index (χ3v) is 4.12. The Hall–Kier alpha value is -1.66. The molecule has 2 heterocycles. The van der Waals surface area contributed by atoms with Gasteiger partial charge in [-0.05, 0) is 63.5 Å². The van der Waals surface area contributed by atoms with Gasteiger partial charge >= 0.3 is 0 Å². The molecule has 0 amide bonds. The van der Waals surface area contributed by atoms with Crippen LogP contribution in [0.5, 0.6) is 0 Å². The van der Waals surface area contributed by atoms with Crippen molar-refractivity contribution >= 4 is 5.84 Å². The fourth-order valence-corrected chi connectivity index (χ4v) is 2.74. The second-order valence-electron chi connectivity index (χ2n) is 5.71. The molecule has 0 bridgehead atoms. The zero-order valence-corrected chi connectivity index (χ0v) is 12.6. The lowest BCUT2D eigenvalue weighted by Gasteiger charge is -2.28. The van der Waals surface area contributed by atoms with E-state index in [9.17, 15) is 0 Å². The minimum Gasteiger partial charge on any atom is -0.409 e. The van der Waals surface area contributed by atoms with Crippen molar-refractivity contribution < 1.29 is 5.21 Å². The summed E-state index contributed by atoms with van der Waals surface area (Å²) in [6.07, 6.45) is 5.43. The van der Waals surface area contributed by atoms with E-state index in [0.717, 1.165) is 18.0 Å². The van der Waals surface area contributed by atoms with Crippen LogP contribution in [-0.2, 0) is 6.54 Å². The average Bonchev–Trinajstić information content (AvgIpc) is 2.53. The molecular formula is C15H25N5O. The molecule has 2 rings (SSSR count). The van der Waals surface area contributed by atoms with Gasteiger partial charge in [0.2, 0.25) is 0 Å². The molecule has 0 atom stereocenters. The van der Waals surface area contributed by atoms with Gasteiger partial charge in [-0.15, -0.1) is 0 Å². The Morgan fingerprint density at radius 3 is 3.00 bits per heavy atom. The molecule has 4 N–H and O–H groups in total. The monoisotopic (exact) mass is 291 g/mol. The topological polar surface area (TPSA) is 86.8 Å². The van der Waals surface area contributed by atoms with Gasteiger partial charge in [0.25, 0.3) is 0 Å². The molecule has 0 spiro atoms. The SMILES string of the molecule is CN1CCC(CCNCc2cccnc2/C(N)=N/O)CC1. The van der Waals surface area contributed by atoms with Crippen molar-refractivity contribution in [3.05, 3.63) is 29.6 Å². The molecule has 1 aliphatic heterocycles. The van der Waals surface area contributed by atoms with E-state index in [2.05, 4.69) is 27.4 Å². The van der Waals surface area contributed by atoms with Gasteiger partial charge in [-0.2, -0.15) is 0 Å². The smallest absolute Gasteiger partial charge is 0.189 e. The van der Waals surface area contributed by atoms with Crippen molar-refractivity contribution in [1.82, 2.24) is 15.2 Å². The summed E-state index contributed by atoms with van der Waals surface area (Å²) >= 11 is 0. The summed E-state index contributed by atoms with van der Waals surface area (Å²) in [5, 5.41) is 15.2. The highest BCUT2D eigenvalue weighted by atomic mass is 16.4. The van der Waals surface area contributed by atoms with Crippen LogP contribution >= 0.6 is 0 Å². The molecule has 116 valence electrons. The van der Waals surface area contributed by atoms with Crippen LogP contribution in [0.3, 0.4) is 0 Å². The molecule has 1 aromatic rings. The highest BCUT2D eigenvalue weighted by Gasteiger charge is 2.16. The number of pyridine rings is 1. The molecule has 0 unspecified atom stereocenters. The summed E-state index contributed by atoms with van der Waals surface area (Å²) in [6, 6.07) is 3.81. The predicted octanol–water partition coefficient (Wildman–Crippen LogP) is 0.998. The van der Waals surface area contributed by atoms with Gasteiger partial charge in [-0.25, -0.2) is 0 Å². The summed E-state index contributed by atoms with van der Waals surface area (Å²) in [5.41, 5.74) is 7.14. The Morgan fingerprint density at radius 1 is 1.52 bits per heavy atom. The minimum absolute atomic E-state index is 0.0581. The number of nitrogens with zero attached hydrogens (tertiary/aromatic N) is 3. The van der Waals surface area contributed by atoms with E-state index < -0.39 is 0 Å². The molecule has 21 heavy (non-hydrogen) atoms. The molecule has 6 heteroatoms. The number of amidine groups is 1. The van der Waals surface area contributed by atoms with Crippen LogP contribution in [0, 0.1) is 5.92 Å². The maximum Gasteiger partial charge on any atom is 0.189 e. The highest BCUT2D eigenvalue weighted by molar-refractivity contribution is 5.96. The van der Waals surface area contributed by atoms with Crippen LogP contribution in [0.4, 0.5) is 0 Å². The molecule has 6 nitrogen and oxygen atoms in total. The Morgan fingerprint density at radius 2 is 2.29 bits per heavy atom. The fourth-order valence-electron chi connectivity index (χ4n) is 2.74. The summed E-state index contributed by atoms with van der Waals surface area (Å²) < 4.78 is 0. The average molecular weight is 291 g/mol. The molecule has 0 aromatic carbocycles. The van der Waals surface area contributed by atoms with Crippen LogP contribution in [-0.4, -0.2) is 47.6 Å². The van der Waals surface area contributed by atoms with E-state index in [4.69, 9.17) is 10.9 Å². The fraction of sp³-hybridized carbons (Fsp3) is 0.600. The van der Waals surface area contributed by atoms with Gasteiger partial charge in [0.15, 0.2) is 5.84 Å². The molecular weight excluding hydrogens is 266 g/mol. The van der Waals surface area contributed by atoms with Crippen molar-refractivity contribution in [1.29, 1.82) is 0 Å². The number of hydrogen-bond donors (Lipinski definition) is 3. The first kappa shape index (κ1) is 15.7. The first-order chi connectivity index (χ1) is 10.2. The second kappa shape index (κ2) is 7.95. The van der Waals surface area contributed by atoms with E-state index in [1.165, 1.54) is 32.4 Å². The van der Waals surface area contributed by atoms with Crippen LogP contribution in [0.15, 0.2) is 23.5 Å². The zero-order chi connectivity index (χ0) is 15.1. The Labute approximate surface area is 126 Å². The van der Waals surface area contributed by atoms with Crippen LogP contribution < -0.4 is 11.1 Å². The molecule has 0 aliphatic carbocycles. The molecule has 0 radical (unpaired) electrons. The van der Waals surface area contributed by atoms with Gasteiger partial charge in [0.1, 0.15) is 5.69 Å². The molecule has 1 aromatic heterocycles. The van der Waals surface area contributed by atoms with Crippen LogP contribution in [0.25, 0.3) is 0 Å². The lowest BCUT2D eigenvalue weighted by Crippen LogP contribution is -2.31. The largest absolute Gasteiger partial charge is 0.409 e. The van der Waals surface area contributed by atoms with Crippen molar-refractivity contribution in [3.8, 4) is 0 Å². The number of piperidine rings is 1. The third-order valence-electron chi connectivity index (χ3n) is 4.12. The first-order valence-electron chi connectivity index (χ1n) is 7.51. The van der Waals surface area contributed by atoms with Crippen molar-refractivity contribution in [2.75, 3.05) is 26.7 Å². The van der Waals surface area contributed by atoms with Gasteiger partial charge in [0.05, 0.1) is 0 Å². The molecule has 1 fully saturated rings. The number of nitrogens with one attached hydrogen (secondary N) is 1. The van der Waals surface area contributed by atoms with Crippen molar-refractivity contribution in [2.45, 2.75) is 25.8 Å². The number of hydrogen-bond acceptors (Lipinski definition) is 5. The summed E-state index contributed by atoms with van der Waals surface area (Å²) in [4.78, 5) is 6.56. The number of likely N-dealkylation sites (tertiary alicyclic amines) is 1. The number of nitrogens with two attached hydrogens (primary N) is 1. The van der Waals surface area contributed by atoms with Crippen LogP contribution in [0.1, 0.15) is 30.5 Å². The van der Waals surface area contributed by atoms with E-state index in [0.29, 0.717) is 12.2 Å². The lowest BCUT2D eigenvalue weighted by atomic mass is 9.94. The zero-order valence-electron chi connectivity index (χ0n) is 12.6. The summed E-state index contributed by atoms with van der Waals surface area (Å²) in [7, 11) is 2.19. The maximum atomic E-state index is 8.77. The second-order valence-corrected chi connectivity index (χ2v) is 5.71. The molecule has 1 saturated heterocycles. The number of oxime groups is 1. The Bertz CT molecular complexity index is 469. The van der Waals surface area contributed by atoms with Crippen LogP contribution in [0.2, 0.25) is 0 Å².